The molecule has 0 atom stereocenters. The number of aromatic nitrogens is 2. The Morgan fingerprint density at radius 2 is 1.93 bits per heavy atom. The molecular weight excluding hydrogens is 373 g/mol. The van der Waals surface area contributed by atoms with Crippen LogP contribution in [0.1, 0.15) is 21.5 Å². The average molecular weight is 390 g/mol. The van der Waals surface area contributed by atoms with E-state index in [1.54, 1.807) is 19.2 Å². The number of hydrogen-bond acceptors (Lipinski definition) is 4. The van der Waals surface area contributed by atoms with E-state index in [9.17, 15) is 18.0 Å². The number of carbonyl (C=O) groups excluding carboxylic acids is 1. The van der Waals surface area contributed by atoms with Crippen molar-refractivity contribution >= 4 is 17.4 Å². The Morgan fingerprint density at radius 3 is 2.57 bits per heavy atom. The molecule has 0 aliphatic carbocycles. The second kappa shape index (κ2) is 7.63. The Balaban J connectivity index is 1.75. The fraction of sp³-hybridized carbons (Fsp3) is 0.158. The van der Waals surface area contributed by atoms with E-state index in [0.717, 1.165) is 17.7 Å². The summed E-state index contributed by atoms with van der Waals surface area (Å²) in [4.78, 5) is 12.4. The molecule has 146 valence electrons. The molecule has 0 radical (unpaired) electrons. The van der Waals surface area contributed by atoms with E-state index >= 15 is 0 Å². The van der Waals surface area contributed by atoms with Crippen molar-refractivity contribution in [1.82, 2.24) is 9.78 Å². The van der Waals surface area contributed by atoms with Crippen LogP contribution in [0, 0.1) is 0 Å². The van der Waals surface area contributed by atoms with E-state index in [2.05, 4.69) is 10.4 Å². The number of rotatable bonds is 5. The largest absolute Gasteiger partial charge is 0.497 e. The Hall–Kier alpha value is -3.49. The van der Waals surface area contributed by atoms with Crippen molar-refractivity contribution < 1.29 is 22.7 Å². The van der Waals surface area contributed by atoms with Gasteiger partial charge in [-0.15, -0.1) is 0 Å². The number of anilines is 2. The van der Waals surface area contributed by atoms with Crippen molar-refractivity contribution in [2.75, 3.05) is 18.2 Å². The highest BCUT2D eigenvalue weighted by Crippen LogP contribution is 2.30. The highest BCUT2D eigenvalue weighted by molar-refractivity contribution is 6.07. The molecule has 3 rings (SSSR count). The van der Waals surface area contributed by atoms with Gasteiger partial charge in [0.1, 0.15) is 17.1 Å². The standard InChI is InChI=1S/C19H17F3N4O2/c1-28-15-7-5-12(6-8-15)11-26-17(23)16(10-24-26)18(27)25-14-4-2-3-13(9-14)19(20,21)22/h2-10H,11,23H2,1H3,(H,25,27). The molecule has 0 unspecified atom stereocenters. The third-order valence-corrected chi connectivity index (χ3v) is 4.06. The molecular formula is C19H17F3N4O2. The van der Waals surface area contributed by atoms with Crippen molar-refractivity contribution in [2.24, 2.45) is 0 Å². The minimum Gasteiger partial charge on any atom is -0.497 e. The molecule has 0 aliphatic rings. The van der Waals surface area contributed by atoms with Crippen LogP contribution >= 0.6 is 0 Å². The van der Waals surface area contributed by atoms with Gasteiger partial charge in [-0.1, -0.05) is 18.2 Å². The molecule has 0 aliphatic heterocycles. The topological polar surface area (TPSA) is 82.2 Å². The van der Waals surface area contributed by atoms with Gasteiger partial charge in [0.25, 0.3) is 5.91 Å². The Labute approximate surface area is 158 Å². The summed E-state index contributed by atoms with van der Waals surface area (Å²) in [5.74, 6) is 0.177. The number of nitrogens with zero attached hydrogens (tertiary/aromatic N) is 2. The number of halogens is 3. The van der Waals surface area contributed by atoms with Crippen LogP contribution in [0.3, 0.4) is 0 Å². The first-order chi connectivity index (χ1) is 13.3. The van der Waals surface area contributed by atoms with E-state index in [1.165, 1.54) is 23.0 Å². The first-order valence-electron chi connectivity index (χ1n) is 8.21. The first kappa shape index (κ1) is 19.3. The molecule has 1 aromatic heterocycles. The molecule has 0 saturated heterocycles. The lowest BCUT2D eigenvalue weighted by Crippen LogP contribution is -2.15. The van der Waals surface area contributed by atoms with Gasteiger partial charge in [0.15, 0.2) is 0 Å². The fourth-order valence-electron chi connectivity index (χ4n) is 2.57. The maximum Gasteiger partial charge on any atom is 0.416 e. The molecule has 0 bridgehead atoms. The van der Waals surface area contributed by atoms with Gasteiger partial charge in [-0.3, -0.25) is 4.79 Å². The van der Waals surface area contributed by atoms with Gasteiger partial charge >= 0.3 is 6.18 Å². The van der Waals surface area contributed by atoms with E-state index < -0.39 is 17.6 Å². The predicted octanol–water partition coefficient (Wildman–Crippen LogP) is 3.79. The first-order valence-corrected chi connectivity index (χ1v) is 8.21. The van der Waals surface area contributed by atoms with Crippen LogP contribution in [0.15, 0.2) is 54.7 Å². The monoisotopic (exact) mass is 390 g/mol. The molecule has 28 heavy (non-hydrogen) atoms. The van der Waals surface area contributed by atoms with Crippen molar-refractivity contribution in [1.29, 1.82) is 0 Å². The van der Waals surface area contributed by atoms with E-state index in [4.69, 9.17) is 10.5 Å². The third kappa shape index (κ3) is 4.25. The molecule has 3 N–H and O–H groups in total. The number of hydrogen-bond donors (Lipinski definition) is 2. The van der Waals surface area contributed by atoms with Gasteiger partial charge < -0.3 is 15.8 Å². The summed E-state index contributed by atoms with van der Waals surface area (Å²) in [7, 11) is 1.57. The zero-order valence-electron chi connectivity index (χ0n) is 14.8. The number of amides is 1. The van der Waals surface area contributed by atoms with Crippen molar-refractivity contribution in [2.45, 2.75) is 12.7 Å². The molecule has 0 fully saturated rings. The number of alkyl halides is 3. The van der Waals surface area contributed by atoms with Crippen molar-refractivity contribution in [3.63, 3.8) is 0 Å². The molecule has 0 spiro atoms. The van der Waals surface area contributed by atoms with Gasteiger partial charge in [0, 0.05) is 5.69 Å². The zero-order chi connectivity index (χ0) is 20.3. The van der Waals surface area contributed by atoms with Crippen molar-refractivity contribution in [3.05, 3.63) is 71.4 Å². The van der Waals surface area contributed by atoms with Crippen LogP contribution in [-0.2, 0) is 12.7 Å². The summed E-state index contributed by atoms with van der Waals surface area (Å²) in [6.07, 6.45) is -3.22. The van der Waals surface area contributed by atoms with Gasteiger partial charge in [0.05, 0.1) is 25.4 Å². The Bertz CT molecular complexity index is 982. The van der Waals surface area contributed by atoms with Crippen LogP contribution < -0.4 is 15.8 Å². The van der Waals surface area contributed by atoms with Gasteiger partial charge in [0.2, 0.25) is 0 Å². The average Bonchev–Trinajstić information content (AvgIpc) is 3.02. The number of nitrogen functional groups attached to an aromatic ring is 1. The maximum atomic E-state index is 12.8. The SMILES string of the molecule is COc1ccc(Cn2ncc(C(=O)Nc3cccc(C(F)(F)F)c3)c2N)cc1. The second-order valence-electron chi connectivity index (χ2n) is 5.98. The molecule has 1 heterocycles. The van der Waals surface area contributed by atoms with Crippen LogP contribution in [0.4, 0.5) is 24.7 Å². The zero-order valence-corrected chi connectivity index (χ0v) is 14.8. The number of ether oxygens (including phenoxy) is 1. The summed E-state index contributed by atoms with van der Waals surface area (Å²) in [6.45, 7) is 0.326. The Kier molecular flexibility index (Phi) is 5.25. The quantitative estimate of drug-likeness (QED) is 0.694. The molecule has 6 nitrogen and oxygen atoms in total. The number of nitrogens with one attached hydrogen (secondary N) is 1. The minimum atomic E-state index is -4.50. The highest BCUT2D eigenvalue weighted by atomic mass is 19.4. The predicted molar refractivity (Wildman–Crippen MR) is 98.1 cm³/mol. The molecule has 2 aromatic carbocycles. The van der Waals surface area contributed by atoms with Gasteiger partial charge in [-0.05, 0) is 35.9 Å². The second-order valence-corrected chi connectivity index (χ2v) is 5.98. The third-order valence-electron chi connectivity index (χ3n) is 4.06. The summed E-state index contributed by atoms with van der Waals surface area (Å²) in [6, 6.07) is 11.6. The summed E-state index contributed by atoms with van der Waals surface area (Å²) in [5.41, 5.74) is 6.12. The molecule has 1 amide bonds. The summed E-state index contributed by atoms with van der Waals surface area (Å²) in [5, 5.41) is 6.51. The van der Waals surface area contributed by atoms with E-state index in [-0.39, 0.29) is 17.1 Å². The molecule has 9 heteroatoms. The lowest BCUT2D eigenvalue weighted by atomic mass is 10.2. The number of methoxy groups -OCH3 is 1. The normalized spacial score (nSPS) is 11.3. The summed E-state index contributed by atoms with van der Waals surface area (Å²) < 4.78 is 44.9. The van der Waals surface area contributed by atoms with Crippen molar-refractivity contribution in [3.8, 4) is 5.75 Å². The maximum absolute atomic E-state index is 12.8. The van der Waals surface area contributed by atoms with Crippen LogP contribution in [-0.4, -0.2) is 22.8 Å². The Morgan fingerprint density at radius 1 is 1.21 bits per heavy atom. The van der Waals surface area contributed by atoms with Gasteiger partial charge in [-0.25, -0.2) is 4.68 Å². The fourth-order valence-corrected chi connectivity index (χ4v) is 2.57. The number of carbonyl (C=O) groups is 1. The number of benzene rings is 2. The summed E-state index contributed by atoms with van der Waals surface area (Å²) >= 11 is 0. The molecule has 3 aromatic rings. The molecule has 0 saturated carbocycles. The lowest BCUT2D eigenvalue weighted by molar-refractivity contribution is -0.137. The minimum absolute atomic E-state index is 0.0159. The van der Waals surface area contributed by atoms with Crippen LogP contribution in [0.5, 0.6) is 5.75 Å². The number of nitrogens with two attached hydrogens (primary N) is 1. The highest BCUT2D eigenvalue weighted by Gasteiger charge is 2.30. The van der Waals surface area contributed by atoms with E-state index in [1.807, 2.05) is 12.1 Å². The van der Waals surface area contributed by atoms with Crippen LogP contribution in [0.25, 0.3) is 0 Å². The lowest BCUT2D eigenvalue weighted by Gasteiger charge is -2.10. The van der Waals surface area contributed by atoms with E-state index in [0.29, 0.717) is 12.3 Å². The smallest absolute Gasteiger partial charge is 0.416 e. The van der Waals surface area contributed by atoms with Gasteiger partial charge in [-0.2, -0.15) is 18.3 Å². The van der Waals surface area contributed by atoms with Crippen LogP contribution in [0.2, 0.25) is 0 Å².